The SMILES string of the molecule is NC(=O)c1ccc[n+](C2OC(COP(=O)(O)OCc3ccccc3)[C@@H](O)[C@@H]2F)c1. The van der Waals surface area contributed by atoms with Crippen LogP contribution >= 0.6 is 7.82 Å². The van der Waals surface area contributed by atoms with Gasteiger partial charge in [-0.3, -0.25) is 13.8 Å². The predicted octanol–water partition coefficient (Wildman–Crippen LogP) is 1.00. The van der Waals surface area contributed by atoms with Gasteiger partial charge < -0.3 is 20.5 Å². The molecule has 2 heterocycles. The van der Waals surface area contributed by atoms with Crippen LogP contribution in [0.3, 0.4) is 0 Å². The lowest BCUT2D eigenvalue weighted by Gasteiger charge is -2.16. The molecule has 0 saturated carbocycles. The van der Waals surface area contributed by atoms with Crippen molar-refractivity contribution in [3.05, 3.63) is 66.0 Å². The Balaban J connectivity index is 1.59. The maximum Gasteiger partial charge on any atom is 0.472 e. The fourth-order valence-electron chi connectivity index (χ4n) is 2.81. The molecule has 1 amide bonds. The maximum absolute atomic E-state index is 14.5. The highest BCUT2D eigenvalue weighted by atomic mass is 31.2. The number of primary amides is 1. The Labute approximate surface area is 166 Å². The second kappa shape index (κ2) is 9.08. The number of phosphoric ester groups is 1. The van der Waals surface area contributed by atoms with Gasteiger partial charge in [0.2, 0.25) is 6.17 Å². The molecule has 1 aromatic heterocycles. The summed E-state index contributed by atoms with van der Waals surface area (Å²) in [5.74, 6) is -0.704. The van der Waals surface area contributed by atoms with Crippen LogP contribution in [0.4, 0.5) is 4.39 Å². The lowest BCUT2D eigenvalue weighted by molar-refractivity contribution is -0.764. The van der Waals surface area contributed by atoms with Gasteiger partial charge in [-0.25, -0.2) is 8.96 Å². The number of halogens is 1. The number of alkyl halides is 1. The van der Waals surface area contributed by atoms with Gasteiger partial charge in [-0.05, 0) is 11.6 Å². The molecule has 0 aliphatic carbocycles. The predicted molar refractivity (Wildman–Crippen MR) is 97.0 cm³/mol. The summed E-state index contributed by atoms with van der Waals surface area (Å²) in [6.07, 6.45) is -3.23. The zero-order valence-electron chi connectivity index (χ0n) is 15.2. The molecular formula is C18H21FN2O7P+. The number of pyridine rings is 1. The van der Waals surface area contributed by atoms with Gasteiger partial charge in [-0.1, -0.05) is 30.3 Å². The van der Waals surface area contributed by atoms with Crippen molar-refractivity contribution in [3.8, 4) is 0 Å². The van der Waals surface area contributed by atoms with E-state index in [-0.39, 0.29) is 12.2 Å². The molecule has 11 heteroatoms. The fourth-order valence-corrected chi connectivity index (χ4v) is 3.54. The molecule has 1 saturated heterocycles. The molecule has 1 aliphatic heterocycles. The molecule has 2 aromatic rings. The third-order valence-corrected chi connectivity index (χ3v) is 5.26. The van der Waals surface area contributed by atoms with Crippen LogP contribution in [0.25, 0.3) is 0 Å². The van der Waals surface area contributed by atoms with Crippen molar-refractivity contribution in [1.29, 1.82) is 0 Å². The first-order valence-corrected chi connectivity index (χ1v) is 10.2. The molecule has 1 aliphatic rings. The van der Waals surface area contributed by atoms with Crippen LogP contribution in [-0.4, -0.2) is 40.9 Å². The molecule has 156 valence electrons. The Bertz CT molecular complexity index is 901. The Morgan fingerprint density at radius 3 is 2.66 bits per heavy atom. The normalized spacial score (nSPS) is 26.2. The van der Waals surface area contributed by atoms with E-state index in [9.17, 15) is 23.7 Å². The number of amides is 1. The van der Waals surface area contributed by atoms with Crippen LogP contribution in [0.5, 0.6) is 0 Å². The number of carbonyl (C=O) groups is 1. The topological polar surface area (TPSA) is 132 Å². The highest BCUT2D eigenvalue weighted by Gasteiger charge is 2.50. The summed E-state index contributed by atoms with van der Waals surface area (Å²) in [5, 5.41) is 10.1. The zero-order chi connectivity index (χ0) is 21.0. The van der Waals surface area contributed by atoms with Gasteiger partial charge in [0.15, 0.2) is 12.4 Å². The van der Waals surface area contributed by atoms with Gasteiger partial charge in [0, 0.05) is 6.07 Å². The number of carbonyl (C=O) groups excluding carboxylic acids is 1. The minimum absolute atomic E-state index is 0.131. The van der Waals surface area contributed by atoms with Gasteiger partial charge in [-0.2, -0.15) is 4.57 Å². The van der Waals surface area contributed by atoms with Crippen molar-refractivity contribution in [1.82, 2.24) is 0 Å². The molecule has 0 radical (unpaired) electrons. The highest BCUT2D eigenvalue weighted by molar-refractivity contribution is 7.47. The van der Waals surface area contributed by atoms with Crippen LogP contribution in [0.1, 0.15) is 22.1 Å². The van der Waals surface area contributed by atoms with Crippen LogP contribution in [0.2, 0.25) is 0 Å². The van der Waals surface area contributed by atoms with E-state index in [4.69, 9.17) is 19.5 Å². The van der Waals surface area contributed by atoms with Gasteiger partial charge in [0.05, 0.1) is 13.2 Å². The number of nitrogens with two attached hydrogens (primary N) is 1. The summed E-state index contributed by atoms with van der Waals surface area (Å²) >= 11 is 0. The first-order chi connectivity index (χ1) is 13.8. The molecule has 9 nitrogen and oxygen atoms in total. The Morgan fingerprint density at radius 1 is 1.24 bits per heavy atom. The van der Waals surface area contributed by atoms with Gasteiger partial charge in [0.25, 0.3) is 12.1 Å². The average molecular weight is 427 g/mol. The number of aliphatic hydroxyl groups excluding tert-OH is 1. The van der Waals surface area contributed by atoms with Crippen LogP contribution in [0, 0.1) is 0 Å². The monoisotopic (exact) mass is 427 g/mol. The fraction of sp³-hybridized carbons (Fsp3) is 0.333. The minimum Gasteiger partial charge on any atom is -0.387 e. The Morgan fingerprint density at radius 2 is 1.97 bits per heavy atom. The van der Waals surface area contributed by atoms with E-state index in [1.165, 1.54) is 29.1 Å². The van der Waals surface area contributed by atoms with Gasteiger partial charge in [0.1, 0.15) is 17.8 Å². The molecule has 3 unspecified atom stereocenters. The molecule has 1 aromatic carbocycles. The van der Waals surface area contributed by atoms with E-state index in [1.54, 1.807) is 30.3 Å². The van der Waals surface area contributed by atoms with E-state index < -0.39 is 44.9 Å². The van der Waals surface area contributed by atoms with Crippen LogP contribution < -0.4 is 10.3 Å². The molecule has 1 fully saturated rings. The smallest absolute Gasteiger partial charge is 0.387 e. The number of hydrogen-bond donors (Lipinski definition) is 3. The van der Waals surface area contributed by atoms with E-state index in [1.807, 2.05) is 0 Å². The minimum atomic E-state index is -4.45. The Hall–Kier alpha value is -2.20. The highest BCUT2D eigenvalue weighted by Crippen LogP contribution is 2.45. The first-order valence-electron chi connectivity index (χ1n) is 8.71. The molecule has 4 N–H and O–H groups in total. The molecule has 0 bridgehead atoms. The van der Waals surface area contributed by atoms with E-state index in [2.05, 4.69) is 0 Å². The quantitative estimate of drug-likeness (QED) is 0.423. The number of hydrogen-bond acceptors (Lipinski definition) is 6. The van der Waals surface area contributed by atoms with Crippen molar-refractivity contribution in [2.24, 2.45) is 5.73 Å². The zero-order valence-corrected chi connectivity index (χ0v) is 16.1. The maximum atomic E-state index is 14.5. The number of benzene rings is 1. The van der Waals surface area contributed by atoms with Crippen molar-refractivity contribution < 1.29 is 42.1 Å². The summed E-state index contributed by atoms with van der Waals surface area (Å²) in [7, 11) is -4.45. The summed E-state index contributed by atoms with van der Waals surface area (Å²) in [5.41, 5.74) is 6.00. The second-order valence-electron chi connectivity index (χ2n) is 6.43. The number of aromatic nitrogens is 1. The molecule has 5 atom stereocenters. The van der Waals surface area contributed by atoms with Crippen molar-refractivity contribution in [3.63, 3.8) is 0 Å². The van der Waals surface area contributed by atoms with E-state index >= 15 is 0 Å². The standard InChI is InChI=1S/C18H20FN2O7P/c19-15-16(22)14(28-18(15)21-8-4-7-13(9-21)17(20)23)11-27-29(24,25)26-10-12-5-2-1-3-6-12/h1-9,14-16,18,22H,10-11H2,(H2-,20,23,24,25)/p+1/t14?,15-,16+,18?/m0/s1. The number of ether oxygens (including phenoxy) is 1. The van der Waals surface area contributed by atoms with E-state index in [0.717, 1.165) is 0 Å². The molecular weight excluding hydrogens is 406 g/mol. The van der Waals surface area contributed by atoms with E-state index in [0.29, 0.717) is 5.56 Å². The lowest BCUT2D eigenvalue weighted by Crippen LogP contribution is -2.45. The first kappa shape index (κ1) is 21.5. The van der Waals surface area contributed by atoms with Gasteiger partial charge in [-0.15, -0.1) is 0 Å². The largest absolute Gasteiger partial charge is 0.472 e. The molecule has 0 spiro atoms. The average Bonchev–Trinajstić information content (AvgIpc) is 3.00. The van der Waals surface area contributed by atoms with Crippen LogP contribution in [-0.2, 0) is 25.0 Å². The third-order valence-electron chi connectivity index (χ3n) is 4.33. The van der Waals surface area contributed by atoms with Gasteiger partial charge >= 0.3 is 7.82 Å². The lowest BCUT2D eigenvalue weighted by atomic mass is 10.1. The molecule has 3 rings (SSSR count). The second-order valence-corrected chi connectivity index (χ2v) is 7.88. The van der Waals surface area contributed by atoms with Crippen molar-refractivity contribution in [2.75, 3.05) is 6.61 Å². The van der Waals surface area contributed by atoms with Crippen molar-refractivity contribution in [2.45, 2.75) is 31.2 Å². The third kappa shape index (κ3) is 5.45. The Kier molecular flexibility index (Phi) is 6.74. The summed E-state index contributed by atoms with van der Waals surface area (Å²) < 4.78 is 43.0. The number of rotatable bonds is 8. The number of phosphoric acid groups is 1. The van der Waals surface area contributed by atoms with Crippen LogP contribution in [0.15, 0.2) is 54.9 Å². The summed E-state index contributed by atoms with van der Waals surface area (Å²) in [6.45, 7) is -0.733. The molecule has 29 heavy (non-hydrogen) atoms. The summed E-state index contributed by atoms with van der Waals surface area (Å²) in [4.78, 5) is 21.1. The van der Waals surface area contributed by atoms with Crippen molar-refractivity contribution >= 4 is 13.7 Å². The number of nitrogens with zero attached hydrogens (tertiary/aromatic N) is 1. The summed E-state index contributed by atoms with van der Waals surface area (Å²) in [6, 6.07) is 11.6. The number of aliphatic hydroxyl groups is 1.